The highest BCUT2D eigenvalue weighted by atomic mass is 19.4. The summed E-state index contributed by atoms with van der Waals surface area (Å²) in [7, 11) is 1.50. The first-order valence-corrected chi connectivity index (χ1v) is 7.69. The van der Waals surface area contributed by atoms with Gasteiger partial charge in [-0.05, 0) is 23.8 Å². The Bertz CT molecular complexity index is 972. The van der Waals surface area contributed by atoms with Gasteiger partial charge in [0, 0.05) is 19.0 Å². The molecule has 0 aliphatic rings. The van der Waals surface area contributed by atoms with Crippen molar-refractivity contribution in [3.63, 3.8) is 0 Å². The topological polar surface area (TPSA) is 72.1 Å². The van der Waals surface area contributed by atoms with Crippen LogP contribution in [0, 0.1) is 0 Å². The number of para-hydroxylation sites is 1. The number of anilines is 1. The van der Waals surface area contributed by atoms with Crippen molar-refractivity contribution in [1.82, 2.24) is 14.9 Å². The Morgan fingerprint density at radius 1 is 1.12 bits per heavy atom. The molecule has 0 saturated carbocycles. The minimum atomic E-state index is -4.43. The molecule has 0 unspecified atom stereocenters. The molecule has 1 amide bonds. The fraction of sp³-hybridized carbons (Fsp3) is 0.167. The van der Waals surface area contributed by atoms with Gasteiger partial charge in [-0.25, -0.2) is 9.97 Å². The summed E-state index contributed by atoms with van der Waals surface area (Å²) in [5, 5.41) is 0.530. The molecule has 0 aliphatic carbocycles. The number of nitrogens with zero attached hydrogens (tertiary/aromatic N) is 3. The van der Waals surface area contributed by atoms with Gasteiger partial charge in [-0.2, -0.15) is 13.2 Å². The zero-order valence-corrected chi connectivity index (χ0v) is 13.8. The zero-order chi connectivity index (χ0) is 18.9. The van der Waals surface area contributed by atoms with Gasteiger partial charge >= 0.3 is 6.18 Å². The van der Waals surface area contributed by atoms with E-state index in [4.69, 9.17) is 5.73 Å². The van der Waals surface area contributed by atoms with Gasteiger partial charge in [0.25, 0.3) is 5.91 Å². The molecule has 2 N–H and O–H groups in total. The van der Waals surface area contributed by atoms with Crippen molar-refractivity contribution in [3.8, 4) is 0 Å². The van der Waals surface area contributed by atoms with Crippen molar-refractivity contribution < 1.29 is 18.0 Å². The number of halogens is 3. The van der Waals surface area contributed by atoms with Crippen molar-refractivity contribution in [2.45, 2.75) is 12.7 Å². The van der Waals surface area contributed by atoms with E-state index in [2.05, 4.69) is 9.97 Å². The number of alkyl halides is 3. The summed E-state index contributed by atoms with van der Waals surface area (Å²) in [4.78, 5) is 22.1. The standard InChI is InChI=1S/C18H15F3N4O/c1-25(10-11-5-4-6-12(9-11)18(19,20)21)16(26)15-13-7-2-3-8-14(13)23-17(22)24-15/h2-9H,10H2,1H3,(H2,22,23,24). The quantitative estimate of drug-likeness (QED) is 0.776. The summed E-state index contributed by atoms with van der Waals surface area (Å²) in [6.07, 6.45) is -4.43. The summed E-state index contributed by atoms with van der Waals surface area (Å²) in [6, 6.07) is 11.8. The molecule has 0 radical (unpaired) electrons. The molecule has 0 fully saturated rings. The molecule has 0 spiro atoms. The summed E-state index contributed by atoms with van der Waals surface area (Å²) in [5.41, 5.74) is 5.91. The number of rotatable bonds is 3. The highest BCUT2D eigenvalue weighted by Crippen LogP contribution is 2.29. The van der Waals surface area contributed by atoms with Crippen LogP contribution < -0.4 is 5.73 Å². The first kappa shape index (κ1) is 17.7. The Balaban J connectivity index is 1.90. The van der Waals surface area contributed by atoms with Crippen LogP contribution >= 0.6 is 0 Å². The summed E-state index contributed by atoms with van der Waals surface area (Å²) >= 11 is 0. The van der Waals surface area contributed by atoms with Crippen LogP contribution in [0.1, 0.15) is 21.6 Å². The minimum absolute atomic E-state index is 0.000980. The molecule has 2 aromatic carbocycles. The molecular weight excluding hydrogens is 345 g/mol. The van der Waals surface area contributed by atoms with Crippen molar-refractivity contribution in [1.29, 1.82) is 0 Å². The summed E-state index contributed by atoms with van der Waals surface area (Å²) in [6.45, 7) is 0.000980. The van der Waals surface area contributed by atoms with Crippen molar-refractivity contribution in [3.05, 3.63) is 65.4 Å². The van der Waals surface area contributed by atoms with Crippen LogP contribution in [0.4, 0.5) is 19.1 Å². The molecule has 134 valence electrons. The monoisotopic (exact) mass is 360 g/mol. The van der Waals surface area contributed by atoms with E-state index in [1.165, 1.54) is 24.1 Å². The van der Waals surface area contributed by atoms with E-state index in [-0.39, 0.29) is 18.2 Å². The number of hydrogen-bond acceptors (Lipinski definition) is 4. The minimum Gasteiger partial charge on any atom is -0.368 e. The van der Waals surface area contributed by atoms with Gasteiger partial charge in [-0.1, -0.05) is 30.3 Å². The average Bonchev–Trinajstić information content (AvgIpc) is 2.59. The highest BCUT2D eigenvalue weighted by molar-refractivity contribution is 6.04. The van der Waals surface area contributed by atoms with Crippen LogP contribution in [0.3, 0.4) is 0 Å². The lowest BCUT2D eigenvalue weighted by molar-refractivity contribution is -0.137. The highest BCUT2D eigenvalue weighted by Gasteiger charge is 2.30. The number of aromatic nitrogens is 2. The number of carbonyl (C=O) groups is 1. The fourth-order valence-corrected chi connectivity index (χ4v) is 2.63. The average molecular weight is 360 g/mol. The molecule has 0 atom stereocenters. The van der Waals surface area contributed by atoms with E-state index < -0.39 is 17.6 Å². The summed E-state index contributed by atoms with van der Waals surface area (Å²) < 4.78 is 38.5. The number of benzene rings is 2. The van der Waals surface area contributed by atoms with Gasteiger partial charge in [-0.15, -0.1) is 0 Å². The number of amides is 1. The van der Waals surface area contributed by atoms with Crippen LogP contribution in [0.15, 0.2) is 48.5 Å². The number of nitrogen functional groups attached to an aromatic ring is 1. The maximum absolute atomic E-state index is 12.8. The van der Waals surface area contributed by atoms with Crippen molar-refractivity contribution in [2.24, 2.45) is 0 Å². The number of carbonyl (C=O) groups excluding carboxylic acids is 1. The molecule has 0 saturated heterocycles. The third kappa shape index (κ3) is 3.58. The van der Waals surface area contributed by atoms with Gasteiger partial charge < -0.3 is 10.6 Å². The fourth-order valence-electron chi connectivity index (χ4n) is 2.63. The van der Waals surface area contributed by atoms with Crippen molar-refractivity contribution in [2.75, 3.05) is 12.8 Å². The molecule has 3 rings (SSSR count). The Morgan fingerprint density at radius 2 is 1.85 bits per heavy atom. The molecule has 3 aromatic rings. The van der Waals surface area contributed by atoms with Gasteiger partial charge in [-0.3, -0.25) is 4.79 Å². The van der Waals surface area contributed by atoms with Crippen LogP contribution in [0.5, 0.6) is 0 Å². The van der Waals surface area contributed by atoms with Gasteiger partial charge in [0.2, 0.25) is 5.95 Å². The second kappa shape index (κ2) is 6.62. The molecule has 5 nitrogen and oxygen atoms in total. The van der Waals surface area contributed by atoms with E-state index in [1.54, 1.807) is 24.3 Å². The second-order valence-electron chi connectivity index (χ2n) is 5.81. The summed E-state index contributed by atoms with van der Waals surface area (Å²) in [5.74, 6) is -0.493. The van der Waals surface area contributed by atoms with E-state index in [0.29, 0.717) is 16.5 Å². The van der Waals surface area contributed by atoms with E-state index >= 15 is 0 Å². The lowest BCUT2D eigenvalue weighted by Crippen LogP contribution is -2.27. The molecule has 1 aromatic heterocycles. The number of hydrogen-bond donors (Lipinski definition) is 1. The van der Waals surface area contributed by atoms with E-state index in [1.807, 2.05) is 0 Å². The van der Waals surface area contributed by atoms with Crippen molar-refractivity contribution >= 4 is 22.8 Å². The maximum Gasteiger partial charge on any atom is 0.416 e. The lowest BCUT2D eigenvalue weighted by atomic mass is 10.1. The SMILES string of the molecule is CN(Cc1cccc(C(F)(F)F)c1)C(=O)c1nc(N)nc2ccccc12. The third-order valence-corrected chi connectivity index (χ3v) is 3.84. The van der Waals surface area contributed by atoms with Crippen LogP contribution in [-0.2, 0) is 12.7 Å². The van der Waals surface area contributed by atoms with Crippen LogP contribution in [-0.4, -0.2) is 27.8 Å². The lowest BCUT2D eigenvalue weighted by Gasteiger charge is -2.18. The van der Waals surface area contributed by atoms with Gasteiger partial charge in [0.15, 0.2) is 0 Å². The van der Waals surface area contributed by atoms with Gasteiger partial charge in [0.1, 0.15) is 5.69 Å². The third-order valence-electron chi connectivity index (χ3n) is 3.84. The first-order valence-electron chi connectivity index (χ1n) is 7.69. The largest absolute Gasteiger partial charge is 0.416 e. The number of fused-ring (bicyclic) bond motifs is 1. The smallest absolute Gasteiger partial charge is 0.368 e. The maximum atomic E-state index is 12.8. The van der Waals surface area contributed by atoms with Crippen LogP contribution in [0.25, 0.3) is 10.9 Å². The molecule has 26 heavy (non-hydrogen) atoms. The van der Waals surface area contributed by atoms with E-state index in [0.717, 1.165) is 12.1 Å². The zero-order valence-electron chi connectivity index (χ0n) is 13.8. The molecule has 0 aliphatic heterocycles. The normalized spacial score (nSPS) is 11.5. The molecule has 0 bridgehead atoms. The first-order chi connectivity index (χ1) is 12.3. The molecule has 8 heteroatoms. The Kier molecular flexibility index (Phi) is 4.50. The van der Waals surface area contributed by atoms with Crippen LogP contribution in [0.2, 0.25) is 0 Å². The Hall–Kier alpha value is -3.16. The van der Waals surface area contributed by atoms with E-state index in [9.17, 15) is 18.0 Å². The number of nitrogens with two attached hydrogens (primary N) is 1. The Labute approximate surface area is 147 Å². The Morgan fingerprint density at radius 3 is 2.58 bits per heavy atom. The molecule has 1 heterocycles. The predicted molar refractivity (Wildman–Crippen MR) is 91.2 cm³/mol. The predicted octanol–water partition coefficient (Wildman–Crippen LogP) is 3.50. The van der Waals surface area contributed by atoms with Gasteiger partial charge in [0.05, 0.1) is 11.1 Å². The second-order valence-corrected chi connectivity index (χ2v) is 5.81. The molecular formula is C18H15F3N4O.